The lowest BCUT2D eigenvalue weighted by atomic mass is 9.94. The van der Waals surface area contributed by atoms with Gasteiger partial charge in [-0.1, -0.05) is 18.2 Å². The van der Waals surface area contributed by atoms with Crippen LogP contribution in [0, 0.1) is 11.7 Å². The fourth-order valence-electron chi connectivity index (χ4n) is 2.78. The average molecular weight is 320 g/mol. The summed E-state index contributed by atoms with van der Waals surface area (Å²) >= 11 is 0. The Morgan fingerprint density at radius 1 is 1.22 bits per heavy atom. The summed E-state index contributed by atoms with van der Waals surface area (Å²) in [5.74, 6) is -0.421. The Labute approximate surface area is 137 Å². The minimum atomic E-state index is -0.347. The van der Waals surface area contributed by atoms with E-state index in [-0.39, 0.29) is 35.5 Å². The van der Waals surface area contributed by atoms with Crippen molar-refractivity contribution < 1.29 is 14.0 Å². The molecule has 0 radical (unpaired) electrons. The zero-order chi connectivity index (χ0) is 17.0. The molecule has 1 saturated heterocycles. The third-order valence-electron chi connectivity index (χ3n) is 4.02. The first-order valence-electron chi connectivity index (χ1n) is 8.09. The number of carbonyl (C=O) groups is 2. The molecule has 0 unspecified atom stereocenters. The van der Waals surface area contributed by atoms with Crippen LogP contribution in [0.25, 0.3) is 0 Å². The van der Waals surface area contributed by atoms with Crippen LogP contribution in [0.2, 0.25) is 0 Å². The number of hydrogen-bond donors (Lipinski definition) is 1. The number of rotatable bonds is 3. The van der Waals surface area contributed by atoms with Crippen molar-refractivity contribution in [2.45, 2.75) is 45.6 Å². The van der Waals surface area contributed by atoms with Crippen molar-refractivity contribution in [3.63, 3.8) is 0 Å². The van der Waals surface area contributed by atoms with Gasteiger partial charge >= 0.3 is 0 Å². The number of amides is 2. The second-order valence-corrected chi connectivity index (χ2v) is 7.16. The summed E-state index contributed by atoms with van der Waals surface area (Å²) in [5.41, 5.74) is 0.180. The molecule has 0 saturated carbocycles. The fourth-order valence-corrected chi connectivity index (χ4v) is 2.78. The van der Waals surface area contributed by atoms with Crippen LogP contribution in [0.3, 0.4) is 0 Å². The molecule has 23 heavy (non-hydrogen) atoms. The number of halogens is 1. The zero-order valence-corrected chi connectivity index (χ0v) is 14.1. The molecule has 126 valence electrons. The van der Waals surface area contributed by atoms with Crippen LogP contribution in [0.5, 0.6) is 0 Å². The van der Waals surface area contributed by atoms with Gasteiger partial charge in [0.15, 0.2) is 0 Å². The highest BCUT2D eigenvalue weighted by Gasteiger charge is 2.29. The van der Waals surface area contributed by atoms with Crippen LogP contribution in [-0.4, -0.2) is 35.3 Å². The Hall–Kier alpha value is -1.91. The second kappa shape index (κ2) is 7.11. The number of hydrogen-bond acceptors (Lipinski definition) is 2. The Morgan fingerprint density at radius 3 is 2.39 bits per heavy atom. The van der Waals surface area contributed by atoms with Crippen molar-refractivity contribution >= 4 is 11.8 Å². The van der Waals surface area contributed by atoms with Crippen molar-refractivity contribution in [1.29, 1.82) is 0 Å². The van der Waals surface area contributed by atoms with Gasteiger partial charge in [-0.05, 0) is 45.2 Å². The highest BCUT2D eigenvalue weighted by molar-refractivity contribution is 5.81. The highest BCUT2D eigenvalue weighted by atomic mass is 19.1. The predicted octanol–water partition coefficient (Wildman–Crippen LogP) is 2.52. The number of piperidine rings is 1. The molecule has 0 spiro atoms. The highest BCUT2D eigenvalue weighted by Crippen LogP contribution is 2.20. The third kappa shape index (κ3) is 5.05. The van der Waals surface area contributed by atoms with Crippen LogP contribution < -0.4 is 5.32 Å². The maximum Gasteiger partial charge on any atom is 0.227 e. The lowest BCUT2D eigenvalue weighted by Gasteiger charge is -2.33. The Balaban J connectivity index is 1.85. The summed E-state index contributed by atoms with van der Waals surface area (Å²) in [7, 11) is 0. The predicted molar refractivity (Wildman–Crippen MR) is 87.3 cm³/mol. The molecule has 1 heterocycles. The van der Waals surface area contributed by atoms with Gasteiger partial charge in [0.1, 0.15) is 5.82 Å². The van der Waals surface area contributed by atoms with Crippen LogP contribution >= 0.6 is 0 Å². The Bertz CT molecular complexity index is 573. The second-order valence-electron chi connectivity index (χ2n) is 7.16. The molecule has 4 nitrogen and oxygen atoms in total. The number of likely N-dealkylation sites (tertiary alicyclic amines) is 1. The first kappa shape index (κ1) is 17.4. The molecule has 1 fully saturated rings. The summed E-state index contributed by atoms with van der Waals surface area (Å²) in [6.07, 6.45) is 1.39. The van der Waals surface area contributed by atoms with Gasteiger partial charge in [-0.2, -0.15) is 0 Å². The molecule has 2 amide bonds. The van der Waals surface area contributed by atoms with Gasteiger partial charge in [-0.25, -0.2) is 4.39 Å². The van der Waals surface area contributed by atoms with E-state index in [9.17, 15) is 14.0 Å². The maximum atomic E-state index is 13.6. The van der Waals surface area contributed by atoms with Crippen molar-refractivity contribution in [1.82, 2.24) is 10.2 Å². The molecule has 1 aromatic rings. The number of nitrogens with one attached hydrogen (secondary N) is 1. The van der Waals surface area contributed by atoms with Crippen molar-refractivity contribution in [3.05, 3.63) is 35.6 Å². The molecule has 1 aliphatic heterocycles. The van der Waals surface area contributed by atoms with Gasteiger partial charge in [0.05, 0.1) is 6.42 Å². The summed E-state index contributed by atoms with van der Waals surface area (Å²) in [5, 5.41) is 2.99. The van der Waals surface area contributed by atoms with Gasteiger partial charge in [0, 0.05) is 24.5 Å². The van der Waals surface area contributed by atoms with Crippen molar-refractivity contribution in [2.75, 3.05) is 13.1 Å². The first-order valence-corrected chi connectivity index (χ1v) is 8.09. The van der Waals surface area contributed by atoms with E-state index >= 15 is 0 Å². The lowest BCUT2D eigenvalue weighted by Crippen LogP contribution is -2.48. The summed E-state index contributed by atoms with van der Waals surface area (Å²) in [6, 6.07) is 6.35. The molecular formula is C18H25FN2O2. The monoisotopic (exact) mass is 320 g/mol. The van der Waals surface area contributed by atoms with E-state index in [1.54, 1.807) is 23.1 Å². The molecule has 1 aromatic carbocycles. The van der Waals surface area contributed by atoms with Gasteiger partial charge in [-0.3, -0.25) is 9.59 Å². The summed E-state index contributed by atoms with van der Waals surface area (Å²) in [6.45, 7) is 6.97. The van der Waals surface area contributed by atoms with Crippen LogP contribution in [-0.2, 0) is 16.0 Å². The van der Waals surface area contributed by atoms with E-state index in [4.69, 9.17) is 0 Å². The topological polar surface area (TPSA) is 49.4 Å². The Morgan fingerprint density at radius 2 is 1.83 bits per heavy atom. The molecule has 5 heteroatoms. The molecule has 1 N–H and O–H groups in total. The summed E-state index contributed by atoms with van der Waals surface area (Å²) in [4.78, 5) is 26.2. The maximum absolute atomic E-state index is 13.6. The zero-order valence-electron chi connectivity index (χ0n) is 14.1. The van der Waals surface area contributed by atoms with Crippen molar-refractivity contribution in [3.8, 4) is 0 Å². The molecule has 1 aliphatic rings. The quantitative estimate of drug-likeness (QED) is 0.930. The van der Waals surface area contributed by atoms with Gasteiger partial charge in [-0.15, -0.1) is 0 Å². The molecule has 0 atom stereocenters. The van der Waals surface area contributed by atoms with Gasteiger partial charge in [0.25, 0.3) is 0 Å². The van der Waals surface area contributed by atoms with Crippen LogP contribution in [0.4, 0.5) is 4.39 Å². The van der Waals surface area contributed by atoms with E-state index in [0.717, 1.165) is 0 Å². The third-order valence-corrected chi connectivity index (χ3v) is 4.02. The van der Waals surface area contributed by atoms with E-state index in [2.05, 4.69) is 5.32 Å². The van der Waals surface area contributed by atoms with Crippen LogP contribution in [0.1, 0.15) is 39.2 Å². The van der Waals surface area contributed by atoms with Crippen LogP contribution in [0.15, 0.2) is 24.3 Å². The average Bonchev–Trinajstić information content (AvgIpc) is 2.48. The standard InChI is InChI=1S/C18H25FN2O2/c1-18(2,3)20-17(23)13-8-10-21(11-9-13)16(22)12-14-6-4-5-7-15(14)19/h4-7,13H,8-12H2,1-3H3,(H,20,23). The number of nitrogens with zero attached hydrogens (tertiary/aromatic N) is 1. The van der Waals surface area contributed by atoms with Gasteiger partial charge < -0.3 is 10.2 Å². The number of benzene rings is 1. The molecular weight excluding hydrogens is 295 g/mol. The van der Waals surface area contributed by atoms with E-state index in [1.807, 2.05) is 20.8 Å². The molecule has 2 rings (SSSR count). The lowest BCUT2D eigenvalue weighted by molar-refractivity contribution is -0.135. The SMILES string of the molecule is CC(C)(C)NC(=O)C1CCN(C(=O)Cc2ccccc2F)CC1. The first-order chi connectivity index (χ1) is 10.8. The van der Waals surface area contributed by atoms with E-state index in [0.29, 0.717) is 31.5 Å². The van der Waals surface area contributed by atoms with E-state index < -0.39 is 0 Å². The fraction of sp³-hybridized carbons (Fsp3) is 0.556. The minimum Gasteiger partial charge on any atom is -0.351 e. The van der Waals surface area contributed by atoms with E-state index in [1.165, 1.54) is 6.07 Å². The summed E-state index contributed by atoms with van der Waals surface area (Å²) < 4.78 is 13.6. The molecule has 0 aromatic heterocycles. The van der Waals surface area contributed by atoms with Crippen molar-refractivity contribution in [2.24, 2.45) is 5.92 Å². The molecule has 0 aliphatic carbocycles. The Kier molecular flexibility index (Phi) is 5.39. The number of carbonyl (C=O) groups excluding carboxylic acids is 2. The largest absolute Gasteiger partial charge is 0.351 e. The van der Waals surface area contributed by atoms with Gasteiger partial charge in [0.2, 0.25) is 11.8 Å². The smallest absolute Gasteiger partial charge is 0.227 e. The molecule has 0 bridgehead atoms. The minimum absolute atomic E-state index is 0.0493. The normalized spacial score (nSPS) is 16.3.